The maximum Gasteiger partial charge on any atom is 0.410 e. The molecule has 1 aliphatic carbocycles. The Hall–Kier alpha value is -1.46. The summed E-state index contributed by atoms with van der Waals surface area (Å²) in [6.45, 7) is 12.1. The fourth-order valence-electron chi connectivity index (χ4n) is 1.95. The zero-order valence-electron chi connectivity index (χ0n) is 14.9. The maximum atomic E-state index is 12.2. The van der Waals surface area contributed by atoms with Crippen molar-refractivity contribution in [1.82, 2.24) is 15.5 Å². The first-order chi connectivity index (χ1) is 10.2. The van der Waals surface area contributed by atoms with Crippen molar-refractivity contribution in [3.8, 4) is 0 Å². The van der Waals surface area contributed by atoms with Crippen LogP contribution < -0.4 is 10.6 Å². The number of nitrogens with one attached hydrogen (secondary N) is 2. The lowest BCUT2D eigenvalue weighted by molar-refractivity contribution is 0.0238. The Balaban J connectivity index is 2.40. The molecule has 128 valence electrons. The van der Waals surface area contributed by atoms with E-state index in [4.69, 9.17) is 4.74 Å². The quantitative estimate of drug-likeness (QED) is 0.583. The largest absolute Gasteiger partial charge is 0.444 e. The van der Waals surface area contributed by atoms with Crippen molar-refractivity contribution in [2.75, 3.05) is 26.7 Å². The van der Waals surface area contributed by atoms with Gasteiger partial charge in [-0.3, -0.25) is 4.99 Å². The standard InChI is InChI=1S/C16H32N4O2/c1-12(2)11-19-14(17-6)18-9-10-20(13-7-8-13)15(21)22-16(3,4)5/h12-13H,7-11H2,1-6H3,(H2,17,18,19). The van der Waals surface area contributed by atoms with Gasteiger partial charge in [-0.15, -0.1) is 0 Å². The number of carbonyl (C=O) groups excluding carboxylic acids is 1. The summed E-state index contributed by atoms with van der Waals surface area (Å²) in [6, 6.07) is 0.335. The third-order valence-corrected chi connectivity index (χ3v) is 3.16. The minimum Gasteiger partial charge on any atom is -0.444 e. The van der Waals surface area contributed by atoms with Crippen molar-refractivity contribution in [1.29, 1.82) is 0 Å². The molecule has 22 heavy (non-hydrogen) atoms. The average Bonchev–Trinajstić information content (AvgIpc) is 3.19. The van der Waals surface area contributed by atoms with Gasteiger partial charge in [-0.05, 0) is 39.5 Å². The number of hydrogen-bond acceptors (Lipinski definition) is 3. The summed E-state index contributed by atoms with van der Waals surface area (Å²) < 4.78 is 5.48. The number of guanidine groups is 1. The van der Waals surface area contributed by atoms with Gasteiger partial charge in [-0.2, -0.15) is 0 Å². The molecule has 1 rings (SSSR count). The van der Waals surface area contributed by atoms with Gasteiger partial charge in [0.25, 0.3) is 0 Å². The Bertz CT molecular complexity index is 384. The lowest BCUT2D eigenvalue weighted by Crippen LogP contribution is -2.45. The predicted molar refractivity (Wildman–Crippen MR) is 90.2 cm³/mol. The molecule has 1 saturated carbocycles. The molecular weight excluding hydrogens is 280 g/mol. The first-order valence-electron chi connectivity index (χ1n) is 8.17. The summed E-state index contributed by atoms with van der Waals surface area (Å²) in [6.07, 6.45) is 1.92. The minimum absolute atomic E-state index is 0.220. The van der Waals surface area contributed by atoms with Crippen LogP contribution in [0.2, 0.25) is 0 Å². The monoisotopic (exact) mass is 312 g/mol. The van der Waals surface area contributed by atoms with Crippen LogP contribution in [0, 0.1) is 5.92 Å². The molecule has 0 bridgehead atoms. The van der Waals surface area contributed by atoms with E-state index in [0.717, 1.165) is 25.3 Å². The van der Waals surface area contributed by atoms with E-state index in [0.29, 0.717) is 25.0 Å². The maximum absolute atomic E-state index is 12.2. The molecule has 6 heteroatoms. The number of nitrogens with zero attached hydrogens (tertiary/aromatic N) is 2. The van der Waals surface area contributed by atoms with Crippen LogP contribution in [0.1, 0.15) is 47.5 Å². The summed E-state index contributed by atoms with van der Waals surface area (Å²) in [7, 11) is 1.75. The highest BCUT2D eigenvalue weighted by molar-refractivity contribution is 5.79. The number of hydrogen-bond donors (Lipinski definition) is 2. The number of ether oxygens (including phenoxy) is 1. The molecule has 6 nitrogen and oxygen atoms in total. The van der Waals surface area contributed by atoms with Gasteiger partial charge in [0, 0.05) is 32.7 Å². The van der Waals surface area contributed by atoms with E-state index < -0.39 is 5.60 Å². The third kappa shape index (κ3) is 7.52. The first-order valence-corrected chi connectivity index (χ1v) is 8.17. The van der Waals surface area contributed by atoms with Crippen molar-refractivity contribution in [2.24, 2.45) is 10.9 Å². The summed E-state index contributed by atoms with van der Waals surface area (Å²) in [5.74, 6) is 1.33. The van der Waals surface area contributed by atoms with Crippen LogP contribution in [0.5, 0.6) is 0 Å². The second kappa shape index (κ2) is 8.25. The molecule has 0 radical (unpaired) electrons. The van der Waals surface area contributed by atoms with Crippen LogP contribution in [-0.2, 0) is 4.74 Å². The predicted octanol–water partition coefficient (Wildman–Crippen LogP) is 2.21. The van der Waals surface area contributed by atoms with E-state index in [1.165, 1.54) is 0 Å². The molecule has 0 saturated heterocycles. The van der Waals surface area contributed by atoms with Crippen LogP contribution in [0.25, 0.3) is 0 Å². The van der Waals surface area contributed by atoms with Crippen molar-refractivity contribution in [2.45, 2.75) is 59.1 Å². The topological polar surface area (TPSA) is 66.0 Å². The Morgan fingerprint density at radius 1 is 1.32 bits per heavy atom. The van der Waals surface area contributed by atoms with Gasteiger partial charge in [0.2, 0.25) is 0 Å². The normalized spacial score (nSPS) is 15.7. The van der Waals surface area contributed by atoms with E-state index in [9.17, 15) is 4.79 Å². The SMILES string of the molecule is CN=C(NCCN(C(=O)OC(C)(C)C)C1CC1)NCC(C)C. The summed E-state index contributed by atoms with van der Waals surface area (Å²) in [4.78, 5) is 18.2. The number of carbonyl (C=O) groups is 1. The Morgan fingerprint density at radius 3 is 2.41 bits per heavy atom. The lowest BCUT2D eigenvalue weighted by atomic mass is 10.2. The lowest BCUT2D eigenvalue weighted by Gasteiger charge is -2.27. The molecular formula is C16H32N4O2. The summed E-state index contributed by atoms with van der Waals surface area (Å²) >= 11 is 0. The second-order valence-electron chi connectivity index (χ2n) is 7.18. The summed E-state index contributed by atoms with van der Waals surface area (Å²) in [5, 5.41) is 6.50. The van der Waals surface area contributed by atoms with Gasteiger partial charge in [0.1, 0.15) is 5.60 Å². The third-order valence-electron chi connectivity index (χ3n) is 3.16. The van der Waals surface area contributed by atoms with E-state index >= 15 is 0 Å². The molecule has 0 aliphatic heterocycles. The smallest absolute Gasteiger partial charge is 0.410 e. The first kappa shape index (κ1) is 18.6. The van der Waals surface area contributed by atoms with Gasteiger partial charge in [0.05, 0.1) is 0 Å². The van der Waals surface area contributed by atoms with Crippen LogP contribution in [0.4, 0.5) is 4.79 Å². The highest BCUT2D eigenvalue weighted by Crippen LogP contribution is 2.27. The van der Waals surface area contributed by atoms with Gasteiger partial charge in [-0.25, -0.2) is 4.79 Å². The Kier molecular flexibility index (Phi) is 6.97. The fourth-order valence-corrected chi connectivity index (χ4v) is 1.95. The van der Waals surface area contributed by atoms with Crippen LogP contribution in [-0.4, -0.2) is 55.3 Å². The van der Waals surface area contributed by atoms with Crippen LogP contribution >= 0.6 is 0 Å². The molecule has 0 aromatic heterocycles. The second-order valence-corrected chi connectivity index (χ2v) is 7.18. The van der Waals surface area contributed by atoms with Crippen molar-refractivity contribution < 1.29 is 9.53 Å². The van der Waals surface area contributed by atoms with Crippen LogP contribution in [0.15, 0.2) is 4.99 Å². The molecule has 0 aromatic rings. The molecule has 0 atom stereocenters. The Morgan fingerprint density at radius 2 is 1.95 bits per heavy atom. The molecule has 0 spiro atoms. The summed E-state index contributed by atoms with van der Waals surface area (Å²) in [5.41, 5.74) is -0.452. The van der Waals surface area contributed by atoms with E-state index in [1.54, 1.807) is 7.05 Å². The van der Waals surface area contributed by atoms with Gasteiger partial charge in [0.15, 0.2) is 5.96 Å². The number of aliphatic imine (C=N–C) groups is 1. The van der Waals surface area contributed by atoms with E-state index in [1.807, 2.05) is 25.7 Å². The fraction of sp³-hybridized carbons (Fsp3) is 0.875. The molecule has 0 unspecified atom stereocenters. The molecule has 1 aliphatic rings. The molecule has 0 heterocycles. The van der Waals surface area contributed by atoms with E-state index in [2.05, 4.69) is 29.5 Å². The zero-order valence-corrected chi connectivity index (χ0v) is 14.9. The van der Waals surface area contributed by atoms with Gasteiger partial charge < -0.3 is 20.3 Å². The van der Waals surface area contributed by atoms with Gasteiger partial charge >= 0.3 is 6.09 Å². The molecule has 1 amide bonds. The molecule has 0 aromatic carbocycles. The van der Waals surface area contributed by atoms with Crippen molar-refractivity contribution in [3.63, 3.8) is 0 Å². The number of amides is 1. The van der Waals surface area contributed by atoms with Gasteiger partial charge in [-0.1, -0.05) is 13.8 Å². The highest BCUT2D eigenvalue weighted by atomic mass is 16.6. The Labute approximate surface area is 134 Å². The molecule has 1 fully saturated rings. The van der Waals surface area contributed by atoms with Crippen molar-refractivity contribution >= 4 is 12.1 Å². The molecule has 2 N–H and O–H groups in total. The van der Waals surface area contributed by atoms with Crippen LogP contribution in [0.3, 0.4) is 0 Å². The average molecular weight is 312 g/mol. The zero-order chi connectivity index (χ0) is 16.8. The van der Waals surface area contributed by atoms with E-state index in [-0.39, 0.29) is 6.09 Å². The minimum atomic E-state index is -0.452. The van der Waals surface area contributed by atoms with Crippen molar-refractivity contribution in [3.05, 3.63) is 0 Å². The highest BCUT2D eigenvalue weighted by Gasteiger charge is 2.34. The number of rotatable bonds is 6.